The van der Waals surface area contributed by atoms with Crippen molar-refractivity contribution in [3.05, 3.63) is 29.6 Å². The van der Waals surface area contributed by atoms with Gasteiger partial charge in [-0.1, -0.05) is 28.1 Å². The van der Waals surface area contributed by atoms with Gasteiger partial charge in [-0.15, -0.1) is 0 Å². The first-order valence-corrected chi connectivity index (χ1v) is 5.67. The van der Waals surface area contributed by atoms with Crippen LogP contribution in [0.5, 0.6) is 5.75 Å². The minimum atomic E-state index is -4.42. The van der Waals surface area contributed by atoms with Gasteiger partial charge in [0.1, 0.15) is 6.61 Å². The Labute approximate surface area is 104 Å². The third-order valence-electron chi connectivity index (χ3n) is 1.74. The van der Waals surface area contributed by atoms with Gasteiger partial charge in [-0.25, -0.2) is 4.39 Å². The molecule has 0 saturated heterocycles. The molecule has 1 aromatic carbocycles. The van der Waals surface area contributed by atoms with Crippen molar-refractivity contribution in [3.63, 3.8) is 0 Å². The molecule has 0 radical (unpaired) electrons. The Bertz CT molecular complexity index is 368. The summed E-state index contributed by atoms with van der Waals surface area (Å²) < 4.78 is 57.6. The van der Waals surface area contributed by atoms with Gasteiger partial charge in [0.15, 0.2) is 18.4 Å². The molecular weight excluding hydrogens is 308 g/mol. The highest BCUT2D eigenvalue weighted by Gasteiger charge is 2.27. The van der Waals surface area contributed by atoms with Gasteiger partial charge in [0.05, 0.1) is 0 Å². The SMILES string of the molecule is Fc1cccc(CBr)c1OCOCC(F)(F)F. The number of alkyl halides is 4. The highest BCUT2D eigenvalue weighted by atomic mass is 79.9. The molecule has 0 saturated carbocycles. The summed E-state index contributed by atoms with van der Waals surface area (Å²) >= 11 is 3.12. The molecule has 0 heterocycles. The van der Waals surface area contributed by atoms with E-state index in [2.05, 4.69) is 20.7 Å². The zero-order valence-electron chi connectivity index (χ0n) is 8.56. The normalized spacial score (nSPS) is 11.6. The van der Waals surface area contributed by atoms with Gasteiger partial charge in [-0.2, -0.15) is 13.2 Å². The van der Waals surface area contributed by atoms with Crippen LogP contribution in [-0.2, 0) is 10.1 Å². The fraction of sp³-hybridized carbons (Fsp3) is 0.400. The number of rotatable bonds is 5. The summed E-state index contributed by atoms with van der Waals surface area (Å²) in [6.07, 6.45) is -4.42. The van der Waals surface area contributed by atoms with E-state index in [1.807, 2.05) is 0 Å². The Balaban J connectivity index is 2.52. The van der Waals surface area contributed by atoms with E-state index in [-0.39, 0.29) is 5.75 Å². The summed E-state index contributed by atoms with van der Waals surface area (Å²) in [5.41, 5.74) is 0.501. The number of para-hydroxylation sites is 1. The van der Waals surface area contributed by atoms with Gasteiger partial charge < -0.3 is 9.47 Å². The molecule has 96 valence electrons. The summed E-state index contributed by atoms with van der Waals surface area (Å²) in [7, 11) is 0. The van der Waals surface area contributed by atoms with Crippen LogP contribution in [0.25, 0.3) is 0 Å². The standard InChI is InChI=1S/C10H9BrF4O2/c11-4-7-2-1-3-8(12)9(7)17-6-16-5-10(13,14)15/h1-3H,4-6H2. The van der Waals surface area contributed by atoms with Gasteiger partial charge in [-0.05, 0) is 6.07 Å². The number of halogens is 5. The summed E-state index contributed by atoms with van der Waals surface area (Å²) in [4.78, 5) is 0. The van der Waals surface area contributed by atoms with Gasteiger partial charge in [0.25, 0.3) is 0 Å². The molecule has 7 heteroatoms. The first kappa shape index (κ1) is 14.2. The molecule has 0 N–H and O–H groups in total. The minimum Gasteiger partial charge on any atom is -0.464 e. The molecule has 0 aromatic heterocycles. The van der Waals surface area contributed by atoms with Crippen LogP contribution in [0.3, 0.4) is 0 Å². The van der Waals surface area contributed by atoms with Crippen molar-refractivity contribution in [3.8, 4) is 5.75 Å². The Hall–Kier alpha value is -0.820. The molecule has 0 spiro atoms. The van der Waals surface area contributed by atoms with Crippen LogP contribution in [0.15, 0.2) is 18.2 Å². The highest BCUT2D eigenvalue weighted by molar-refractivity contribution is 9.08. The van der Waals surface area contributed by atoms with Crippen LogP contribution < -0.4 is 4.74 Å². The largest absolute Gasteiger partial charge is 0.464 e. The fourth-order valence-corrected chi connectivity index (χ4v) is 1.52. The number of benzene rings is 1. The monoisotopic (exact) mass is 316 g/mol. The van der Waals surface area contributed by atoms with E-state index < -0.39 is 25.4 Å². The third kappa shape index (κ3) is 4.91. The molecule has 0 aliphatic rings. The maximum absolute atomic E-state index is 13.3. The van der Waals surface area contributed by atoms with Gasteiger partial charge >= 0.3 is 6.18 Å². The molecule has 0 amide bonds. The lowest BCUT2D eigenvalue weighted by Crippen LogP contribution is -2.19. The van der Waals surface area contributed by atoms with Crippen LogP contribution in [0, 0.1) is 5.82 Å². The second-order valence-corrected chi connectivity index (χ2v) is 3.65. The topological polar surface area (TPSA) is 18.5 Å². The van der Waals surface area contributed by atoms with E-state index in [0.717, 1.165) is 6.07 Å². The molecule has 17 heavy (non-hydrogen) atoms. The van der Waals surface area contributed by atoms with E-state index in [1.54, 1.807) is 6.07 Å². The molecule has 0 atom stereocenters. The van der Waals surface area contributed by atoms with Crippen molar-refractivity contribution in [2.24, 2.45) is 0 Å². The molecule has 0 aliphatic carbocycles. The summed E-state index contributed by atoms with van der Waals surface area (Å²) in [6.45, 7) is -2.08. The zero-order valence-corrected chi connectivity index (χ0v) is 10.1. The predicted octanol–water partition coefficient (Wildman–Crippen LogP) is 3.64. The van der Waals surface area contributed by atoms with E-state index in [9.17, 15) is 17.6 Å². The summed E-state index contributed by atoms with van der Waals surface area (Å²) in [5.74, 6) is -0.746. The lowest BCUT2D eigenvalue weighted by molar-refractivity contribution is -0.187. The Morgan fingerprint density at radius 1 is 1.24 bits per heavy atom. The summed E-state index contributed by atoms with van der Waals surface area (Å²) in [5, 5.41) is 0.333. The van der Waals surface area contributed by atoms with Crippen molar-refractivity contribution in [2.75, 3.05) is 13.4 Å². The molecule has 1 aromatic rings. The number of hydrogen-bond acceptors (Lipinski definition) is 2. The third-order valence-corrected chi connectivity index (χ3v) is 2.35. The van der Waals surface area contributed by atoms with E-state index in [1.165, 1.54) is 6.07 Å². The van der Waals surface area contributed by atoms with Crippen LogP contribution in [-0.4, -0.2) is 19.6 Å². The first-order valence-electron chi connectivity index (χ1n) is 4.54. The van der Waals surface area contributed by atoms with Crippen molar-refractivity contribution in [1.29, 1.82) is 0 Å². The molecule has 2 nitrogen and oxygen atoms in total. The lowest BCUT2D eigenvalue weighted by atomic mass is 10.2. The molecule has 0 unspecified atom stereocenters. The Morgan fingerprint density at radius 2 is 1.94 bits per heavy atom. The smallest absolute Gasteiger partial charge is 0.411 e. The maximum Gasteiger partial charge on any atom is 0.411 e. The Kier molecular flexibility index (Phi) is 5.20. The van der Waals surface area contributed by atoms with Crippen molar-refractivity contribution in [1.82, 2.24) is 0 Å². The molecule has 0 fully saturated rings. The predicted molar refractivity (Wildman–Crippen MR) is 56.5 cm³/mol. The number of ether oxygens (including phenoxy) is 2. The zero-order chi connectivity index (χ0) is 12.9. The second-order valence-electron chi connectivity index (χ2n) is 3.09. The first-order chi connectivity index (χ1) is 7.94. The van der Waals surface area contributed by atoms with Gasteiger partial charge in [0, 0.05) is 10.9 Å². The van der Waals surface area contributed by atoms with Crippen LogP contribution in [0.4, 0.5) is 17.6 Å². The van der Waals surface area contributed by atoms with Gasteiger partial charge in [0.2, 0.25) is 0 Å². The van der Waals surface area contributed by atoms with Crippen LogP contribution in [0.2, 0.25) is 0 Å². The van der Waals surface area contributed by atoms with Crippen LogP contribution in [0.1, 0.15) is 5.56 Å². The average Bonchev–Trinajstić information content (AvgIpc) is 2.24. The fourth-order valence-electron chi connectivity index (χ4n) is 1.08. The van der Waals surface area contributed by atoms with Crippen molar-refractivity contribution >= 4 is 15.9 Å². The van der Waals surface area contributed by atoms with E-state index in [4.69, 9.17) is 4.74 Å². The quantitative estimate of drug-likeness (QED) is 0.357. The number of hydrogen-bond donors (Lipinski definition) is 0. The van der Waals surface area contributed by atoms with Crippen molar-refractivity contribution in [2.45, 2.75) is 11.5 Å². The summed E-state index contributed by atoms with van der Waals surface area (Å²) in [6, 6.07) is 4.23. The highest BCUT2D eigenvalue weighted by Crippen LogP contribution is 2.25. The molecule has 0 aliphatic heterocycles. The molecule has 0 bridgehead atoms. The maximum atomic E-state index is 13.3. The molecule has 1 rings (SSSR count). The van der Waals surface area contributed by atoms with E-state index in [0.29, 0.717) is 10.9 Å². The average molecular weight is 317 g/mol. The molecular formula is C10H9BrF4O2. The van der Waals surface area contributed by atoms with E-state index >= 15 is 0 Å². The second kappa shape index (κ2) is 6.20. The van der Waals surface area contributed by atoms with Crippen molar-refractivity contribution < 1.29 is 27.0 Å². The van der Waals surface area contributed by atoms with Crippen LogP contribution >= 0.6 is 15.9 Å². The lowest BCUT2D eigenvalue weighted by Gasteiger charge is -2.12. The van der Waals surface area contributed by atoms with Gasteiger partial charge in [-0.3, -0.25) is 0 Å². The Morgan fingerprint density at radius 3 is 2.53 bits per heavy atom. The minimum absolute atomic E-state index is 0.105.